The minimum atomic E-state index is -0.0189. The SMILES string of the molecule is Cc1ccc(C2c3ccsc3CCN2C(=O)c2ccc3ccccc3c2)cc1. The molecule has 1 aliphatic rings. The van der Waals surface area contributed by atoms with E-state index in [0.717, 1.165) is 29.3 Å². The number of benzene rings is 3. The number of amides is 1. The van der Waals surface area contributed by atoms with Crippen molar-refractivity contribution < 1.29 is 4.79 Å². The first-order chi connectivity index (χ1) is 13.7. The molecule has 1 atom stereocenters. The van der Waals surface area contributed by atoms with Gasteiger partial charge in [-0.2, -0.15) is 0 Å². The lowest BCUT2D eigenvalue weighted by Gasteiger charge is -2.36. The lowest BCUT2D eigenvalue weighted by molar-refractivity contribution is 0.0696. The van der Waals surface area contributed by atoms with Gasteiger partial charge in [-0.15, -0.1) is 11.3 Å². The number of rotatable bonds is 2. The maximum Gasteiger partial charge on any atom is 0.254 e. The normalized spacial score (nSPS) is 16.2. The Balaban J connectivity index is 1.58. The molecule has 0 N–H and O–H groups in total. The molecule has 4 aromatic rings. The van der Waals surface area contributed by atoms with Crippen LogP contribution in [0.15, 0.2) is 78.2 Å². The van der Waals surface area contributed by atoms with E-state index in [0.29, 0.717) is 0 Å². The van der Waals surface area contributed by atoms with Crippen molar-refractivity contribution in [1.82, 2.24) is 4.90 Å². The molecule has 0 aliphatic carbocycles. The summed E-state index contributed by atoms with van der Waals surface area (Å²) in [5.74, 6) is 0.105. The molecule has 0 saturated heterocycles. The van der Waals surface area contributed by atoms with Gasteiger partial charge < -0.3 is 4.90 Å². The van der Waals surface area contributed by atoms with Crippen LogP contribution in [0.25, 0.3) is 10.8 Å². The summed E-state index contributed by atoms with van der Waals surface area (Å²) in [4.78, 5) is 17.0. The lowest BCUT2D eigenvalue weighted by Crippen LogP contribution is -2.40. The van der Waals surface area contributed by atoms with E-state index in [1.54, 1.807) is 11.3 Å². The van der Waals surface area contributed by atoms with Gasteiger partial charge in [0.25, 0.3) is 5.91 Å². The third-order valence-electron chi connectivity index (χ3n) is 5.62. The minimum Gasteiger partial charge on any atom is -0.327 e. The lowest BCUT2D eigenvalue weighted by atomic mass is 9.92. The van der Waals surface area contributed by atoms with Crippen molar-refractivity contribution in [2.24, 2.45) is 0 Å². The summed E-state index contributed by atoms with van der Waals surface area (Å²) in [5.41, 5.74) is 4.44. The smallest absolute Gasteiger partial charge is 0.254 e. The van der Waals surface area contributed by atoms with Gasteiger partial charge >= 0.3 is 0 Å². The van der Waals surface area contributed by atoms with Crippen LogP contribution in [0.2, 0.25) is 0 Å². The zero-order chi connectivity index (χ0) is 19.1. The van der Waals surface area contributed by atoms with Crippen LogP contribution in [-0.4, -0.2) is 17.4 Å². The Labute approximate surface area is 169 Å². The molecule has 1 amide bonds. The highest BCUT2D eigenvalue weighted by Crippen LogP contribution is 2.38. The van der Waals surface area contributed by atoms with E-state index in [1.165, 1.54) is 21.6 Å². The molecule has 3 heteroatoms. The van der Waals surface area contributed by atoms with Gasteiger partial charge in [-0.1, -0.05) is 60.2 Å². The zero-order valence-electron chi connectivity index (χ0n) is 15.8. The second-order valence-corrected chi connectivity index (χ2v) is 8.42. The third-order valence-corrected chi connectivity index (χ3v) is 6.61. The molecule has 3 aromatic carbocycles. The Bertz CT molecular complexity index is 1160. The van der Waals surface area contributed by atoms with Gasteiger partial charge in [0.1, 0.15) is 0 Å². The molecule has 0 bridgehead atoms. The monoisotopic (exact) mass is 383 g/mol. The molecule has 138 valence electrons. The minimum absolute atomic E-state index is 0.0189. The molecular weight excluding hydrogens is 362 g/mol. The molecule has 1 aromatic heterocycles. The van der Waals surface area contributed by atoms with Crippen molar-refractivity contribution in [3.63, 3.8) is 0 Å². The van der Waals surface area contributed by atoms with Gasteiger partial charge in [0, 0.05) is 17.0 Å². The second-order valence-electron chi connectivity index (χ2n) is 7.42. The maximum absolute atomic E-state index is 13.6. The van der Waals surface area contributed by atoms with Crippen LogP contribution in [0.1, 0.15) is 38.0 Å². The topological polar surface area (TPSA) is 20.3 Å². The quantitative estimate of drug-likeness (QED) is 0.416. The molecule has 0 saturated carbocycles. The number of fused-ring (bicyclic) bond motifs is 2. The van der Waals surface area contributed by atoms with Gasteiger partial charge in [0.15, 0.2) is 0 Å². The number of nitrogens with zero attached hydrogens (tertiary/aromatic N) is 1. The fraction of sp³-hybridized carbons (Fsp3) is 0.160. The van der Waals surface area contributed by atoms with Crippen LogP contribution in [0.5, 0.6) is 0 Å². The molecule has 1 unspecified atom stereocenters. The van der Waals surface area contributed by atoms with Crippen LogP contribution in [0.4, 0.5) is 0 Å². The molecule has 0 spiro atoms. The molecule has 28 heavy (non-hydrogen) atoms. The fourth-order valence-corrected chi connectivity index (χ4v) is 5.04. The fourth-order valence-electron chi connectivity index (χ4n) is 4.13. The van der Waals surface area contributed by atoms with Crippen molar-refractivity contribution in [3.05, 3.63) is 105 Å². The molecule has 5 rings (SSSR count). The largest absolute Gasteiger partial charge is 0.327 e. The third kappa shape index (κ3) is 2.92. The van der Waals surface area contributed by atoms with E-state index in [-0.39, 0.29) is 11.9 Å². The molecule has 1 aliphatic heterocycles. The summed E-state index contributed by atoms with van der Waals surface area (Å²) in [6.07, 6.45) is 0.925. The Morgan fingerprint density at radius 3 is 2.57 bits per heavy atom. The van der Waals surface area contributed by atoms with E-state index in [1.807, 2.05) is 35.2 Å². The molecular formula is C25H21NOS. The first kappa shape index (κ1) is 17.2. The highest BCUT2D eigenvalue weighted by Gasteiger charge is 2.33. The second kappa shape index (κ2) is 6.92. The number of aryl methyl sites for hydroxylation is 1. The van der Waals surface area contributed by atoms with Crippen LogP contribution >= 0.6 is 11.3 Å². The van der Waals surface area contributed by atoms with Crippen molar-refractivity contribution in [2.45, 2.75) is 19.4 Å². The van der Waals surface area contributed by atoms with Gasteiger partial charge in [-0.3, -0.25) is 4.79 Å². The average Bonchev–Trinajstić information content (AvgIpc) is 3.22. The Morgan fingerprint density at radius 1 is 0.964 bits per heavy atom. The first-order valence-corrected chi connectivity index (χ1v) is 10.5. The summed E-state index contributed by atoms with van der Waals surface area (Å²) in [6.45, 7) is 2.84. The van der Waals surface area contributed by atoms with Crippen LogP contribution in [0, 0.1) is 6.92 Å². The van der Waals surface area contributed by atoms with Gasteiger partial charge in [0.05, 0.1) is 6.04 Å². The van der Waals surface area contributed by atoms with Gasteiger partial charge in [0.2, 0.25) is 0 Å². The summed E-state index contributed by atoms with van der Waals surface area (Å²) in [7, 11) is 0. The van der Waals surface area contributed by atoms with Crippen LogP contribution < -0.4 is 0 Å². The van der Waals surface area contributed by atoms with E-state index < -0.39 is 0 Å². The van der Waals surface area contributed by atoms with E-state index in [4.69, 9.17) is 0 Å². The highest BCUT2D eigenvalue weighted by molar-refractivity contribution is 7.10. The van der Waals surface area contributed by atoms with Crippen molar-refractivity contribution in [1.29, 1.82) is 0 Å². The Morgan fingerprint density at radius 2 is 1.75 bits per heavy atom. The number of hydrogen-bond acceptors (Lipinski definition) is 2. The van der Waals surface area contributed by atoms with Crippen molar-refractivity contribution in [3.8, 4) is 0 Å². The highest BCUT2D eigenvalue weighted by atomic mass is 32.1. The maximum atomic E-state index is 13.6. The number of carbonyl (C=O) groups excluding carboxylic acids is 1. The van der Waals surface area contributed by atoms with Crippen LogP contribution in [-0.2, 0) is 6.42 Å². The summed E-state index contributed by atoms with van der Waals surface area (Å²) in [5, 5.41) is 4.41. The molecule has 2 heterocycles. The Kier molecular flexibility index (Phi) is 4.25. The molecule has 2 nitrogen and oxygen atoms in total. The summed E-state index contributed by atoms with van der Waals surface area (Å²) in [6, 6.07) is 25.0. The number of carbonyl (C=O) groups is 1. The summed E-state index contributed by atoms with van der Waals surface area (Å²) < 4.78 is 0. The number of hydrogen-bond donors (Lipinski definition) is 0. The first-order valence-electron chi connectivity index (χ1n) is 9.63. The van der Waals surface area contributed by atoms with Crippen molar-refractivity contribution in [2.75, 3.05) is 6.54 Å². The van der Waals surface area contributed by atoms with Gasteiger partial charge in [-0.05, 0) is 58.8 Å². The Hall–Kier alpha value is -2.91. The van der Waals surface area contributed by atoms with Crippen LogP contribution in [0.3, 0.4) is 0 Å². The zero-order valence-corrected chi connectivity index (χ0v) is 16.6. The van der Waals surface area contributed by atoms with E-state index in [2.05, 4.69) is 54.8 Å². The average molecular weight is 384 g/mol. The molecule has 0 radical (unpaired) electrons. The molecule has 0 fully saturated rings. The van der Waals surface area contributed by atoms with E-state index in [9.17, 15) is 4.79 Å². The predicted molar refractivity (Wildman–Crippen MR) is 116 cm³/mol. The van der Waals surface area contributed by atoms with Crippen molar-refractivity contribution >= 4 is 28.0 Å². The standard InChI is InChI=1S/C25H21NOS/c1-17-6-8-19(9-7-17)24-22-13-15-28-23(22)12-14-26(24)25(27)21-11-10-18-4-2-3-5-20(18)16-21/h2-11,13,15-16,24H,12,14H2,1H3. The van der Waals surface area contributed by atoms with E-state index >= 15 is 0 Å². The summed E-state index contributed by atoms with van der Waals surface area (Å²) >= 11 is 1.80. The predicted octanol–water partition coefficient (Wildman–Crippen LogP) is 6.00. The van der Waals surface area contributed by atoms with Gasteiger partial charge in [-0.25, -0.2) is 0 Å². The number of thiophene rings is 1.